The molecule has 0 N–H and O–H groups in total. The summed E-state index contributed by atoms with van der Waals surface area (Å²) in [6.07, 6.45) is 3.80. The maximum atomic E-state index is 6.11. The van der Waals surface area contributed by atoms with Gasteiger partial charge in [-0.2, -0.15) is 0 Å². The molecule has 0 radical (unpaired) electrons. The minimum atomic E-state index is 0.709. The van der Waals surface area contributed by atoms with Gasteiger partial charge in [-0.05, 0) is 36.1 Å². The first-order valence-electron chi connectivity index (χ1n) is 9.45. The summed E-state index contributed by atoms with van der Waals surface area (Å²) in [6, 6.07) is 14.5. The third-order valence-electron chi connectivity index (χ3n) is 5.67. The van der Waals surface area contributed by atoms with Crippen molar-refractivity contribution in [2.24, 2.45) is 0 Å². The molecule has 0 fully saturated rings. The fraction of sp³-hybridized carbons (Fsp3) is 0.217. The summed E-state index contributed by atoms with van der Waals surface area (Å²) in [5.41, 5.74) is 8.29. The number of aryl methyl sites for hydroxylation is 3. The van der Waals surface area contributed by atoms with Gasteiger partial charge in [0.25, 0.3) is 0 Å². The summed E-state index contributed by atoms with van der Waals surface area (Å²) >= 11 is 0. The zero-order chi connectivity index (χ0) is 18.0. The summed E-state index contributed by atoms with van der Waals surface area (Å²) < 4.78 is 11.9. The molecule has 2 aliphatic carbocycles. The standard InChI is InChI=1S/C23H18N2O2/c1-13-24-21-17-7-8-18-16(15(17)9-11-19(21)26-13)10-12-20-22(18)25-23(27-20)14-5-3-2-4-6-14/h2-8H,9-12H2,1H3. The van der Waals surface area contributed by atoms with Gasteiger partial charge in [0.05, 0.1) is 0 Å². The predicted molar refractivity (Wildman–Crippen MR) is 102 cm³/mol. The Balaban J connectivity index is 1.51. The minimum absolute atomic E-state index is 0.709. The molecular weight excluding hydrogens is 336 g/mol. The topological polar surface area (TPSA) is 52.1 Å². The molecule has 6 rings (SSSR count). The molecule has 0 atom stereocenters. The van der Waals surface area contributed by atoms with Crippen LogP contribution >= 0.6 is 0 Å². The molecule has 4 aromatic rings. The Kier molecular flexibility index (Phi) is 3.01. The second kappa shape index (κ2) is 5.43. The maximum Gasteiger partial charge on any atom is 0.226 e. The van der Waals surface area contributed by atoms with Gasteiger partial charge in [-0.3, -0.25) is 0 Å². The lowest BCUT2D eigenvalue weighted by molar-refractivity contribution is 0.473. The van der Waals surface area contributed by atoms with Gasteiger partial charge in [0, 0.05) is 36.5 Å². The maximum absolute atomic E-state index is 6.11. The van der Waals surface area contributed by atoms with Crippen LogP contribution in [0.1, 0.15) is 28.5 Å². The molecule has 0 saturated carbocycles. The number of aromatic nitrogens is 2. The predicted octanol–water partition coefficient (Wildman–Crippen LogP) is 5.17. The molecule has 2 aromatic carbocycles. The largest absolute Gasteiger partial charge is 0.445 e. The fourth-order valence-corrected chi connectivity index (χ4v) is 4.47. The van der Waals surface area contributed by atoms with Crippen LogP contribution in [-0.2, 0) is 25.7 Å². The normalized spacial score (nSPS) is 14.3. The lowest BCUT2D eigenvalue weighted by Crippen LogP contribution is -2.11. The van der Waals surface area contributed by atoms with E-state index in [1.54, 1.807) is 0 Å². The molecule has 0 unspecified atom stereocenters. The third kappa shape index (κ3) is 2.16. The van der Waals surface area contributed by atoms with Crippen molar-refractivity contribution >= 4 is 0 Å². The summed E-state index contributed by atoms with van der Waals surface area (Å²) in [5.74, 6) is 3.47. The Morgan fingerprint density at radius 1 is 0.704 bits per heavy atom. The second-order valence-electron chi connectivity index (χ2n) is 7.28. The quantitative estimate of drug-likeness (QED) is 0.473. The van der Waals surface area contributed by atoms with E-state index in [9.17, 15) is 0 Å². The van der Waals surface area contributed by atoms with E-state index in [1.165, 1.54) is 22.3 Å². The highest BCUT2D eigenvalue weighted by Crippen LogP contribution is 2.43. The van der Waals surface area contributed by atoms with E-state index in [0.717, 1.165) is 60.0 Å². The van der Waals surface area contributed by atoms with Crippen molar-refractivity contribution in [2.45, 2.75) is 32.6 Å². The van der Waals surface area contributed by atoms with E-state index in [4.69, 9.17) is 13.8 Å². The first kappa shape index (κ1) is 15.0. The van der Waals surface area contributed by atoms with Crippen molar-refractivity contribution in [1.29, 1.82) is 0 Å². The van der Waals surface area contributed by atoms with E-state index >= 15 is 0 Å². The summed E-state index contributed by atoms with van der Waals surface area (Å²) in [7, 11) is 0. The molecule has 27 heavy (non-hydrogen) atoms. The zero-order valence-corrected chi connectivity index (χ0v) is 15.1. The lowest BCUT2D eigenvalue weighted by Gasteiger charge is -2.23. The third-order valence-corrected chi connectivity index (χ3v) is 5.67. The minimum Gasteiger partial charge on any atom is -0.445 e. The van der Waals surface area contributed by atoms with Gasteiger partial charge in [0.15, 0.2) is 5.89 Å². The number of benzene rings is 2. The molecule has 0 spiro atoms. The van der Waals surface area contributed by atoms with E-state index in [-0.39, 0.29) is 0 Å². The van der Waals surface area contributed by atoms with Crippen LogP contribution in [0.15, 0.2) is 51.3 Å². The number of hydrogen-bond donors (Lipinski definition) is 0. The number of hydrogen-bond acceptors (Lipinski definition) is 4. The molecule has 132 valence electrons. The Hall–Kier alpha value is -3.14. The van der Waals surface area contributed by atoms with E-state index in [2.05, 4.69) is 17.1 Å². The Labute approximate surface area is 156 Å². The smallest absolute Gasteiger partial charge is 0.226 e. The molecule has 0 bridgehead atoms. The van der Waals surface area contributed by atoms with Gasteiger partial charge >= 0.3 is 0 Å². The number of fused-ring (bicyclic) bond motifs is 7. The van der Waals surface area contributed by atoms with E-state index in [0.29, 0.717) is 5.89 Å². The van der Waals surface area contributed by atoms with Crippen molar-refractivity contribution in [3.05, 3.63) is 71.0 Å². The van der Waals surface area contributed by atoms with Crippen LogP contribution in [0.3, 0.4) is 0 Å². The molecule has 2 heterocycles. The average molecular weight is 354 g/mol. The molecule has 4 heteroatoms. The molecule has 0 amide bonds. The van der Waals surface area contributed by atoms with Crippen LogP contribution in [0.4, 0.5) is 0 Å². The van der Waals surface area contributed by atoms with E-state index in [1.807, 2.05) is 37.3 Å². The number of nitrogens with zero attached hydrogens (tertiary/aromatic N) is 2. The fourth-order valence-electron chi connectivity index (χ4n) is 4.47. The summed E-state index contributed by atoms with van der Waals surface area (Å²) in [6.45, 7) is 1.92. The van der Waals surface area contributed by atoms with Crippen LogP contribution in [0.5, 0.6) is 0 Å². The van der Waals surface area contributed by atoms with Crippen molar-refractivity contribution in [3.63, 3.8) is 0 Å². The SMILES string of the molecule is Cc1nc2c(o1)CCc1c-2ccc2c1CCc1oc(-c3ccccc3)nc1-2. The lowest BCUT2D eigenvalue weighted by atomic mass is 9.81. The highest BCUT2D eigenvalue weighted by atomic mass is 16.4. The van der Waals surface area contributed by atoms with Gasteiger partial charge in [-0.15, -0.1) is 0 Å². The first-order chi connectivity index (χ1) is 13.3. The molecule has 0 saturated heterocycles. The summed E-state index contributed by atoms with van der Waals surface area (Å²) in [5, 5.41) is 0. The van der Waals surface area contributed by atoms with Crippen LogP contribution in [-0.4, -0.2) is 9.97 Å². The van der Waals surface area contributed by atoms with Crippen molar-refractivity contribution < 1.29 is 8.83 Å². The van der Waals surface area contributed by atoms with Gasteiger partial charge in [-0.1, -0.05) is 30.3 Å². The summed E-state index contributed by atoms with van der Waals surface area (Å²) in [4.78, 5) is 9.49. The van der Waals surface area contributed by atoms with Crippen LogP contribution in [0, 0.1) is 6.92 Å². The van der Waals surface area contributed by atoms with Crippen LogP contribution in [0.25, 0.3) is 34.0 Å². The monoisotopic (exact) mass is 354 g/mol. The second-order valence-corrected chi connectivity index (χ2v) is 7.28. The molecular formula is C23H18N2O2. The molecule has 4 nitrogen and oxygen atoms in total. The van der Waals surface area contributed by atoms with Crippen LogP contribution < -0.4 is 0 Å². The Morgan fingerprint density at radius 3 is 2.04 bits per heavy atom. The Bertz CT molecular complexity index is 1180. The number of rotatable bonds is 1. The highest BCUT2D eigenvalue weighted by Gasteiger charge is 2.29. The van der Waals surface area contributed by atoms with Crippen molar-refractivity contribution in [2.75, 3.05) is 0 Å². The van der Waals surface area contributed by atoms with E-state index < -0.39 is 0 Å². The first-order valence-corrected chi connectivity index (χ1v) is 9.45. The van der Waals surface area contributed by atoms with Gasteiger partial charge < -0.3 is 8.83 Å². The average Bonchev–Trinajstić information content (AvgIpc) is 3.31. The van der Waals surface area contributed by atoms with Gasteiger partial charge in [0.1, 0.15) is 22.9 Å². The van der Waals surface area contributed by atoms with Gasteiger partial charge in [0.2, 0.25) is 5.89 Å². The molecule has 2 aliphatic rings. The van der Waals surface area contributed by atoms with Crippen molar-refractivity contribution in [1.82, 2.24) is 9.97 Å². The number of oxazole rings is 2. The van der Waals surface area contributed by atoms with Crippen molar-refractivity contribution in [3.8, 4) is 34.0 Å². The zero-order valence-electron chi connectivity index (χ0n) is 15.1. The molecule has 2 aromatic heterocycles. The highest BCUT2D eigenvalue weighted by molar-refractivity contribution is 5.79. The van der Waals surface area contributed by atoms with Crippen LogP contribution in [0.2, 0.25) is 0 Å². The Morgan fingerprint density at radius 2 is 1.33 bits per heavy atom. The molecule has 0 aliphatic heterocycles. The van der Waals surface area contributed by atoms with Gasteiger partial charge in [-0.25, -0.2) is 9.97 Å².